The van der Waals surface area contributed by atoms with Crippen molar-refractivity contribution in [2.24, 2.45) is 0 Å². The summed E-state index contributed by atoms with van der Waals surface area (Å²) < 4.78 is 26.9. The number of thiophene rings is 1. The van der Waals surface area contributed by atoms with Gasteiger partial charge in [0.15, 0.2) is 0 Å². The Morgan fingerprint density at radius 2 is 1.95 bits per heavy atom. The number of amides is 1. The fourth-order valence-corrected chi connectivity index (χ4v) is 2.63. The van der Waals surface area contributed by atoms with Crippen molar-refractivity contribution in [2.45, 2.75) is 19.4 Å². The van der Waals surface area contributed by atoms with Crippen LogP contribution in [0.15, 0.2) is 35.7 Å². The summed E-state index contributed by atoms with van der Waals surface area (Å²) in [5, 5.41) is 4.55. The van der Waals surface area contributed by atoms with Gasteiger partial charge in [-0.1, -0.05) is 12.1 Å². The van der Waals surface area contributed by atoms with Gasteiger partial charge in [0.2, 0.25) is 0 Å². The lowest BCUT2D eigenvalue weighted by Gasteiger charge is -2.13. The lowest BCUT2D eigenvalue weighted by molar-refractivity contribution is 0.0931. The predicted octanol–water partition coefficient (Wildman–Crippen LogP) is 3.39. The Morgan fingerprint density at radius 1 is 1.26 bits per heavy atom. The first kappa shape index (κ1) is 13.7. The minimum Gasteiger partial charge on any atom is -0.349 e. The summed E-state index contributed by atoms with van der Waals surface area (Å²) >= 11 is 1.58. The van der Waals surface area contributed by atoms with Gasteiger partial charge < -0.3 is 5.32 Å². The van der Waals surface area contributed by atoms with Crippen LogP contribution < -0.4 is 5.32 Å². The van der Waals surface area contributed by atoms with E-state index < -0.39 is 23.1 Å². The van der Waals surface area contributed by atoms with Gasteiger partial charge >= 0.3 is 0 Å². The maximum atomic E-state index is 13.4. The Bertz CT molecular complexity index is 549. The standard InChI is InChI=1S/C14H13F2NOS/c1-9(8-10-4-3-7-19-10)17-14(18)13-11(15)5-2-6-12(13)16/h2-7,9H,8H2,1H3,(H,17,18). The molecule has 2 aromatic rings. The first-order valence-corrected chi connectivity index (χ1v) is 6.73. The molecule has 0 bridgehead atoms. The zero-order chi connectivity index (χ0) is 13.8. The molecule has 5 heteroatoms. The molecule has 100 valence electrons. The van der Waals surface area contributed by atoms with Crippen LogP contribution in [0.1, 0.15) is 22.2 Å². The average Bonchev–Trinajstić information content (AvgIpc) is 2.81. The summed E-state index contributed by atoms with van der Waals surface area (Å²) in [6.45, 7) is 1.80. The van der Waals surface area contributed by atoms with Crippen molar-refractivity contribution in [1.82, 2.24) is 5.32 Å². The number of hydrogen-bond donors (Lipinski definition) is 1. The van der Waals surface area contributed by atoms with E-state index >= 15 is 0 Å². The molecule has 1 amide bonds. The van der Waals surface area contributed by atoms with Crippen molar-refractivity contribution in [2.75, 3.05) is 0 Å². The number of halogens is 2. The maximum Gasteiger partial charge on any atom is 0.257 e. The Kier molecular flexibility index (Phi) is 4.27. The number of benzene rings is 1. The molecule has 0 aliphatic heterocycles. The van der Waals surface area contributed by atoms with Crippen molar-refractivity contribution in [3.05, 3.63) is 57.8 Å². The number of carbonyl (C=O) groups excluding carboxylic acids is 1. The van der Waals surface area contributed by atoms with E-state index in [1.165, 1.54) is 6.07 Å². The van der Waals surface area contributed by atoms with Crippen LogP contribution in [0.25, 0.3) is 0 Å². The Labute approximate surface area is 114 Å². The molecule has 2 rings (SSSR count). The first-order valence-electron chi connectivity index (χ1n) is 5.85. The van der Waals surface area contributed by atoms with Gasteiger partial charge in [0.1, 0.15) is 17.2 Å². The molecule has 0 radical (unpaired) electrons. The third kappa shape index (κ3) is 3.38. The predicted molar refractivity (Wildman–Crippen MR) is 71.3 cm³/mol. The molecule has 1 atom stereocenters. The lowest BCUT2D eigenvalue weighted by Crippen LogP contribution is -2.35. The molecule has 1 heterocycles. The van der Waals surface area contributed by atoms with Crippen LogP contribution in [-0.2, 0) is 6.42 Å². The second-order valence-electron chi connectivity index (χ2n) is 4.25. The van der Waals surface area contributed by atoms with E-state index in [1.54, 1.807) is 18.3 Å². The molecule has 0 aliphatic carbocycles. The molecule has 1 N–H and O–H groups in total. The van der Waals surface area contributed by atoms with Crippen LogP contribution in [0, 0.1) is 11.6 Å². The van der Waals surface area contributed by atoms with Gasteiger partial charge in [0.25, 0.3) is 5.91 Å². The summed E-state index contributed by atoms with van der Waals surface area (Å²) in [6, 6.07) is 7.06. The van der Waals surface area contributed by atoms with E-state index in [9.17, 15) is 13.6 Å². The summed E-state index contributed by atoms with van der Waals surface area (Å²) in [5.41, 5.74) is -0.527. The number of carbonyl (C=O) groups is 1. The monoisotopic (exact) mass is 281 g/mol. The van der Waals surface area contributed by atoms with Crippen molar-refractivity contribution in [1.29, 1.82) is 0 Å². The first-order chi connectivity index (χ1) is 9.08. The highest BCUT2D eigenvalue weighted by Gasteiger charge is 2.18. The number of nitrogens with one attached hydrogen (secondary N) is 1. The van der Waals surface area contributed by atoms with Crippen molar-refractivity contribution in [3.63, 3.8) is 0 Å². The summed E-state index contributed by atoms with van der Waals surface area (Å²) in [5.74, 6) is -2.42. The van der Waals surface area contributed by atoms with E-state index in [2.05, 4.69) is 5.32 Å². The van der Waals surface area contributed by atoms with Crippen molar-refractivity contribution < 1.29 is 13.6 Å². The summed E-state index contributed by atoms with van der Waals surface area (Å²) in [6.07, 6.45) is 0.638. The topological polar surface area (TPSA) is 29.1 Å². The van der Waals surface area contributed by atoms with Crippen LogP contribution in [0.4, 0.5) is 8.78 Å². The minimum absolute atomic E-state index is 0.190. The zero-order valence-electron chi connectivity index (χ0n) is 10.3. The third-order valence-corrected chi connectivity index (χ3v) is 3.55. The summed E-state index contributed by atoms with van der Waals surface area (Å²) in [7, 11) is 0. The van der Waals surface area contributed by atoms with Gasteiger partial charge in [-0.3, -0.25) is 4.79 Å². The normalized spacial score (nSPS) is 12.2. The second kappa shape index (κ2) is 5.93. The maximum absolute atomic E-state index is 13.4. The van der Waals surface area contributed by atoms with Crippen molar-refractivity contribution in [3.8, 4) is 0 Å². The third-order valence-electron chi connectivity index (χ3n) is 2.65. The van der Waals surface area contributed by atoms with Crippen LogP contribution in [0.2, 0.25) is 0 Å². The average molecular weight is 281 g/mol. The largest absolute Gasteiger partial charge is 0.349 e. The zero-order valence-corrected chi connectivity index (χ0v) is 11.1. The van der Waals surface area contributed by atoms with E-state index in [0.717, 1.165) is 17.0 Å². The SMILES string of the molecule is CC(Cc1cccs1)NC(=O)c1c(F)cccc1F. The fraction of sp³-hybridized carbons (Fsp3) is 0.214. The van der Waals surface area contributed by atoms with Crippen LogP contribution >= 0.6 is 11.3 Å². The smallest absolute Gasteiger partial charge is 0.257 e. The molecule has 0 spiro atoms. The number of rotatable bonds is 4. The van der Waals surface area contributed by atoms with Crippen LogP contribution in [-0.4, -0.2) is 11.9 Å². The Hall–Kier alpha value is -1.75. The molecule has 0 aliphatic rings. The Balaban J connectivity index is 2.04. The molecule has 2 nitrogen and oxygen atoms in total. The highest BCUT2D eigenvalue weighted by molar-refractivity contribution is 7.09. The Morgan fingerprint density at radius 3 is 2.53 bits per heavy atom. The quantitative estimate of drug-likeness (QED) is 0.914. The van der Waals surface area contributed by atoms with Gasteiger partial charge in [0, 0.05) is 17.3 Å². The van der Waals surface area contributed by atoms with Gasteiger partial charge in [-0.2, -0.15) is 0 Å². The highest BCUT2D eigenvalue weighted by atomic mass is 32.1. The van der Waals surface area contributed by atoms with E-state index in [-0.39, 0.29) is 6.04 Å². The molecule has 19 heavy (non-hydrogen) atoms. The number of hydrogen-bond acceptors (Lipinski definition) is 2. The van der Waals surface area contributed by atoms with E-state index in [4.69, 9.17) is 0 Å². The van der Waals surface area contributed by atoms with E-state index in [1.807, 2.05) is 17.5 Å². The lowest BCUT2D eigenvalue weighted by atomic mass is 10.1. The van der Waals surface area contributed by atoms with Crippen molar-refractivity contribution >= 4 is 17.2 Å². The van der Waals surface area contributed by atoms with Gasteiger partial charge in [-0.05, 0) is 30.5 Å². The minimum atomic E-state index is -0.846. The molecule has 0 fully saturated rings. The van der Waals surface area contributed by atoms with Crippen LogP contribution in [0.5, 0.6) is 0 Å². The van der Waals surface area contributed by atoms with E-state index in [0.29, 0.717) is 6.42 Å². The molecule has 1 aromatic heterocycles. The highest BCUT2D eigenvalue weighted by Crippen LogP contribution is 2.14. The van der Waals surface area contributed by atoms with Gasteiger partial charge in [0.05, 0.1) is 0 Å². The van der Waals surface area contributed by atoms with Crippen LogP contribution in [0.3, 0.4) is 0 Å². The molecular formula is C14H13F2NOS. The summed E-state index contributed by atoms with van der Waals surface area (Å²) in [4.78, 5) is 13.0. The molecular weight excluding hydrogens is 268 g/mol. The molecule has 0 saturated heterocycles. The second-order valence-corrected chi connectivity index (χ2v) is 5.29. The fourth-order valence-electron chi connectivity index (χ4n) is 1.79. The molecule has 0 saturated carbocycles. The molecule has 1 unspecified atom stereocenters. The van der Waals surface area contributed by atoms with Gasteiger partial charge in [-0.15, -0.1) is 11.3 Å². The molecule has 1 aromatic carbocycles. The van der Waals surface area contributed by atoms with Gasteiger partial charge in [-0.25, -0.2) is 8.78 Å².